The molecule has 0 spiro atoms. The number of para-hydroxylation sites is 1. The van der Waals surface area contributed by atoms with E-state index in [0.717, 1.165) is 16.0 Å². The first-order chi connectivity index (χ1) is 14.6. The molecule has 4 rings (SSSR count). The predicted molar refractivity (Wildman–Crippen MR) is 122 cm³/mol. The topological polar surface area (TPSA) is 87.7 Å². The van der Waals surface area contributed by atoms with Gasteiger partial charge in [-0.1, -0.05) is 65.6 Å². The molecule has 4 aromatic rings. The number of thiazole rings is 1. The molecule has 0 aliphatic rings. The van der Waals surface area contributed by atoms with E-state index >= 15 is 0 Å². The fourth-order valence-electron chi connectivity index (χ4n) is 3.02. The maximum absolute atomic E-state index is 12.5. The number of anilines is 1. The number of aryl methyl sites for hydroxylation is 1. The first-order valence-electron chi connectivity index (χ1n) is 9.50. The lowest BCUT2D eigenvalue weighted by atomic mass is 10.1. The minimum absolute atomic E-state index is 0.171. The van der Waals surface area contributed by atoms with Gasteiger partial charge in [0.1, 0.15) is 0 Å². The van der Waals surface area contributed by atoms with E-state index in [4.69, 9.17) is 0 Å². The molecule has 1 amide bonds. The molecule has 0 saturated carbocycles. The number of aromatic nitrogens is 3. The number of amides is 1. The van der Waals surface area contributed by atoms with E-state index in [0.29, 0.717) is 28.0 Å². The van der Waals surface area contributed by atoms with Gasteiger partial charge in [0.15, 0.2) is 10.3 Å². The summed E-state index contributed by atoms with van der Waals surface area (Å²) in [5.74, 6) is 0.558. The molecule has 2 heterocycles. The van der Waals surface area contributed by atoms with Crippen LogP contribution in [0.15, 0.2) is 64.5 Å². The van der Waals surface area contributed by atoms with E-state index in [9.17, 15) is 9.59 Å². The van der Waals surface area contributed by atoms with Crippen LogP contribution in [0, 0.1) is 6.92 Å². The summed E-state index contributed by atoms with van der Waals surface area (Å²) in [6, 6.07) is 17.8. The summed E-state index contributed by atoms with van der Waals surface area (Å²) in [5.41, 5.74) is 3.03. The Bertz CT molecular complexity index is 1200. The van der Waals surface area contributed by atoms with Crippen LogP contribution in [0.1, 0.15) is 23.2 Å². The zero-order valence-corrected chi connectivity index (χ0v) is 18.0. The molecular formula is C22H20N4O2S2. The van der Waals surface area contributed by atoms with Gasteiger partial charge < -0.3 is 10.3 Å². The first kappa shape index (κ1) is 20.3. The van der Waals surface area contributed by atoms with Gasteiger partial charge in [0.05, 0.1) is 10.2 Å². The van der Waals surface area contributed by atoms with Gasteiger partial charge in [-0.2, -0.15) is 0 Å². The van der Waals surface area contributed by atoms with E-state index in [-0.39, 0.29) is 17.9 Å². The third-order valence-electron chi connectivity index (χ3n) is 4.56. The lowest BCUT2D eigenvalue weighted by Crippen LogP contribution is -2.20. The standard InChI is InChI=1S/C22H20N4O2S2/c1-14-16(20(28)26-21(23-14)29-13-15-7-3-2-4-8-15)11-12-19(27)25-22-24-17-9-5-6-10-18(17)30-22/h2-10H,11-13H2,1H3,(H,23,26,28)(H,24,25,27). The molecule has 0 unspecified atom stereocenters. The van der Waals surface area contributed by atoms with Crippen molar-refractivity contribution in [2.75, 3.05) is 5.32 Å². The summed E-state index contributed by atoms with van der Waals surface area (Å²) in [7, 11) is 0. The van der Waals surface area contributed by atoms with Crippen molar-refractivity contribution in [3.63, 3.8) is 0 Å². The highest BCUT2D eigenvalue weighted by Crippen LogP contribution is 2.25. The van der Waals surface area contributed by atoms with Gasteiger partial charge in [0, 0.05) is 23.4 Å². The molecule has 30 heavy (non-hydrogen) atoms. The summed E-state index contributed by atoms with van der Waals surface area (Å²) in [4.78, 5) is 36.6. The first-order valence-corrected chi connectivity index (χ1v) is 11.3. The molecule has 0 radical (unpaired) electrons. The van der Waals surface area contributed by atoms with Crippen LogP contribution in [0.3, 0.4) is 0 Å². The average molecular weight is 437 g/mol. The zero-order valence-electron chi connectivity index (χ0n) is 16.3. The SMILES string of the molecule is Cc1nc(SCc2ccccc2)[nH]c(=O)c1CCC(=O)Nc1nc2ccccc2s1. The number of thioether (sulfide) groups is 1. The van der Waals surface area contributed by atoms with Crippen LogP contribution in [0.25, 0.3) is 10.2 Å². The summed E-state index contributed by atoms with van der Waals surface area (Å²) < 4.78 is 1.02. The number of nitrogens with zero attached hydrogens (tertiary/aromatic N) is 2. The number of fused-ring (bicyclic) bond motifs is 1. The number of hydrogen-bond acceptors (Lipinski definition) is 6. The molecule has 0 bridgehead atoms. The third kappa shape index (κ3) is 4.95. The molecule has 8 heteroatoms. The van der Waals surface area contributed by atoms with E-state index in [1.54, 1.807) is 0 Å². The second-order valence-corrected chi connectivity index (χ2v) is 8.74. The Kier molecular flexibility index (Phi) is 6.25. The Balaban J connectivity index is 1.36. The fourth-order valence-corrected chi connectivity index (χ4v) is 4.76. The maximum atomic E-state index is 12.5. The predicted octanol–water partition coefficient (Wildman–Crippen LogP) is 4.55. The van der Waals surface area contributed by atoms with Crippen LogP contribution in [-0.4, -0.2) is 20.9 Å². The monoisotopic (exact) mass is 436 g/mol. The summed E-state index contributed by atoms with van der Waals surface area (Å²) in [6.07, 6.45) is 0.520. The molecular weight excluding hydrogens is 416 g/mol. The molecule has 152 valence electrons. The Morgan fingerprint density at radius 3 is 2.63 bits per heavy atom. The molecule has 0 aliphatic heterocycles. The number of H-pyrrole nitrogens is 1. The van der Waals surface area contributed by atoms with Crippen molar-refractivity contribution in [2.24, 2.45) is 0 Å². The van der Waals surface area contributed by atoms with Gasteiger partial charge in [-0.15, -0.1) is 0 Å². The number of aromatic amines is 1. The second kappa shape index (κ2) is 9.23. The van der Waals surface area contributed by atoms with Crippen molar-refractivity contribution in [2.45, 2.75) is 30.7 Å². The Morgan fingerprint density at radius 1 is 1.10 bits per heavy atom. The Hall–Kier alpha value is -2.97. The van der Waals surface area contributed by atoms with Crippen LogP contribution >= 0.6 is 23.1 Å². The van der Waals surface area contributed by atoms with Crippen molar-refractivity contribution in [1.29, 1.82) is 0 Å². The second-order valence-electron chi connectivity index (χ2n) is 6.74. The number of carbonyl (C=O) groups excluding carboxylic acids is 1. The largest absolute Gasteiger partial charge is 0.302 e. The fraction of sp³-hybridized carbons (Fsp3) is 0.182. The molecule has 2 aromatic carbocycles. The lowest BCUT2D eigenvalue weighted by Gasteiger charge is -2.07. The third-order valence-corrected chi connectivity index (χ3v) is 6.46. The van der Waals surface area contributed by atoms with E-state index in [2.05, 4.69) is 20.3 Å². The van der Waals surface area contributed by atoms with Gasteiger partial charge in [-0.25, -0.2) is 9.97 Å². The molecule has 2 aromatic heterocycles. The van der Waals surface area contributed by atoms with Crippen LogP contribution in [0.2, 0.25) is 0 Å². The highest BCUT2D eigenvalue weighted by atomic mass is 32.2. The Morgan fingerprint density at radius 2 is 1.87 bits per heavy atom. The molecule has 0 atom stereocenters. The Labute approximate surface area is 181 Å². The van der Waals surface area contributed by atoms with Crippen LogP contribution in [0.5, 0.6) is 0 Å². The quantitative estimate of drug-likeness (QED) is 0.328. The molecule has 2 N–H and O–H groups in total. The zero-order chi connectivity index (χ0) is 20.9. The lowest BCUT2D eigenvalue weighted by molar-refractivity contribution is -0.116. The maximum Gasteiger partial charge on any atom is 0.254 e. The summed E-state index contributed by atoms with van der Waals surface area (Å²) >= 11 is 2.92. The minimum Gasteiger partial charge on any atom is -0.302 e. The van der Waals surface area contributed by atoms with Crippen molar-refractivity contribution in [1.82, 2.24) is 15.0 Å². The van der Waals surface area contributed by atoms with Crippen molar-refractivity contribution in [3.8, 4) is 0 Å². The number of rotatable bonds is 7. The summed E-state index contributed by atoms with van der Waals surface area (Å²) in [6.45, 7) is 1.81. The number of hydrogen-bond donors (Lipinski definition) is 2. The van der Waals surface area contributed by atoms with Gasteiger partial charge >= 0.3 is 0 Å². The van der Waals surface area contributed by atoms with E-state index in [1.807, 2.05) is 61.5 Å². The molecule has 0 saturated heterocycles. The van der Waals surface area contributed by atoms with E-state index < -0.39 is 0 Å². The van der Waals surface area contributed by atoms with Crippen LogP contribution in [0.4, 0.5) is 5.13 Å². The highest BCUT2D eigenvalue weighted by Gasteiger charge is 2.13. The smallest absolute Gasteiger partial charge is 0.254 e. The van der Waals surface area contributed by atoms with E-state index in [1.165, 1.54) is 28.7 Å². The molecule has 6 nitrogen and oxygen atoms in total. The van der Waals surface area contributed by atoms with Crippen molar-refractivity contribution < 1.29 is 4.79 Å². The van der Waals surface area contributed by atoms with Crippen LogP contribution in [-0.2, 0) is 17.0 Å². The number of carbonyl (C=O) groups is 1. The normalized spacial score (nSPS) is 11.0. The molecule has 0 fully saturated rings. The number of nitrogens with one attached hydrogen (secondary N) is 2. The van der Waals surface area contributed by atoms with Gasteiger partial charge in [-0.05, 0) is 31.0 Å². The average Bonchev–Trinajstić information content (AvgIpc) is 3.14. The van der Waals surface area contributed by atoms with Crippen molar-refractivity contribution >= 4 is 44.4 Å². The van der Waals surface area contributed by atoms with Crippen molar-refractivity contribution in [3.05, 3.63) is 81.8 Å². The van der Waals surface area contributed by atoms with Gasteiger partial charge in [-0.3, -0.25) is 9.59 Å². The minimum atomic E-state index is -0.189. The van der Waals surface area contributed by atoms with Gasteiger partial charge in [0.2, 0.25) is 5.91 Å². The number of benzene rings is 2. The molecule has 0 aliphatic carbocycles. The van der Waals surface area contributed by atoms with Crippen LogP contribution < -0.4 is 10.9 Å². The summed E-state index contributed by atoms with van der Waals surface area (Å²) in [5, 5.41) is 3.98. The highest BCUT2D eigenvalue weighted by molar-refractivity contribution is 7.98. The van der Waals surface area contributed by atoms with Gasteiger partial charge in [0.25, 0.3) is 5.56 Å².